The van der Waals surface area contributed by atoms with Crippen molar-refractivity contribution in [3.8, 4) is 5.75 Å². The number of halogens is 6. The van der Waals surface area contributed by atoms with Crippen LogP contribution in [0.5, 0.6) is 5.75 Å². The topological polar surface area (TPSA) is 78.9 Å². The number of aliphatic carboxylic acids is 1. The molecular formula is C14H12F6N2O4. The summed E-state index contributed by atoms with van der Waals surface area (Å²) >= 11 is 0. The largest absolute Gasteiger partial charge is 0.481 e. The number of ether oxygens (including phenoxy) is 1. The van der Waals surface area contributed by atoms with Gasteiger partial charge in [-0.05, 0) is 12.1 Å². The summed E-state index contributed by atoms with van der Waals surface area (Å²) in [6, 6.07) is 1.10. The number of likely N-dealkylation sites (tertiary alicyclic amines) is 1. The van der Waals surface area contributed by atoms with Crippen molar-refractivity contribution in [3.63, 3.8) is 0 Å². The molecule has 0 radical (unpaired) electrons. The molecule has 0 unspecified atom stereocenters. The molecule has 144 valence electrons. The number of amides is 2. The summed E-state index contributed by atoms with van der Waals surface area (Å²) in [5.41, 5.74) is -0.404. The van der Waals surface area contributed by atoms with Crippen LogP contribution in [0.15, 0.2) is 18.2 Å². The molecule has 2 amide bonds. The molecule has 0 saturated carbocycles. The van der Waals surface area contributed by atoms with Crippen molar-refractivity contribution in [2.24, 2.45) is 11.8 Å². The van der Waals surface area contributed by atoms with Crippen LogP contribution in [0, 0.1) is 17.7 Å². The second-order valence-corrected chi connectivity index (χ2v) is 5.45. The summed E-state index contributed by atoms with van der Waals surface area (Å²) in [5, 5.41) is 10.9. The lowest BCUT2D eigenvalue weighted by Crippen LogP contribution is -2.35. The van der Waals surface area contributed by atoms with Gasteiger partial charge in [0.05, 0.1) is 17.5 Å². The fraction of sp³-hybridized carbons (Fsp3) is 0.429. The molecule has 0 aromatic heterocycles. The molecule has 1 aromatic rings. The van der Waals surface area contributed by atoms with Gasteiger partial charge < -0.3 is 20.1 Å². The number of urea groups is 1. The highest BCUT2D eigenvalue weighted by molar-refractivity contribution is 5.91. The van der Waals surface area contributed by atoms with Crippen molar-refractivity contribution in [3.05, 3.63) is 24.0 Å². The van der Waals surface area contributed by atoms with Crippen LogP contribution in [0.25, 0.3) is 0 Å². The Balaban J connectivity index is 2.17. The standard InChI is InChI=1S/C14H12F6N2O4/c15-6-1-2-9(10(3-6)26-12(16)17)21-13(25)22-4-7(11(23)24)8(5-22)14(18,19)20/h1-3,7-8,12H,4-5H2,(H,21,25)(H,23,24)/t7-,8-/m1/s1. The summed E-state index contributed by atoms with van der Waals surface area (Å²) in [6.45, 7) is -4.97. The first-order valence-corrected chi connectivity index (χ1v) is 7.09. The van der Waals surface area contributed by atoms with Crippen LogP contribution in [0.4, 0.5) is 36.8 Å². The van der Waals surface area contributed by atoms with Gasteiger partial charge in [-0.1, -0.05) is 0 Å². The molecule has 0 spiro atoms. The van der Waals surface area contributed by atoms with Crippen LogP contribution >= 0.6 is 0 Å². The van der Waals surface area contributed by atoms with E-state index in [0.29, 0.717) is 11.0 Å². The number of benzene rings is 1. The Bertz CT molecular complexity index is 697. The molecule has 1 aromatic carbocycles. The van der Waals surface area contributed by atoms with Gasteiger partial charge in [0, 0.05) is 19.2 Å². The second kappa shape index (κ2) is 7.30. The number of carboxylic acid groups (broad SMARTS) is 1. The van der Waals surface area contributed by atoms with Gasteiger partial charge >= 0.3 is 24.8 Å². The molecule has 26 heavy (non-hydrogen) atoms. The van der Waals surface area contributed by atoms with Crippen molar-refractivity contribution in [2.75, 3.05) is 18.4 Å². The van der Waals surface area contributed by atoms with Gasteiger partial charge in [0.15, 0.2) is 5.75 Å². The van der Waals surface area contributed by atoms with Crippen molar-refractivity contribution < 1.29 is 45.8 Å². The van der Waals surface area contributed by atoms with Crippen LogP contribution < -0.4 is 10.1 Å². The van der Waals surface area contributed by atoms with Crippen molar-refractivity contribution in [2.45, 2.75) is 12.8 Å². The van der Waals surface area contributed by atoms with Gasteiger partial charge in [0.25, 0.3) is 0 Å². The zero-order valence-corrected chi connectivity index (χ0v) is 12.8. The van der Waals surface area contributed by atoms with Gasteiger partial charge in [-0.2, -0.15) is 22.0 Å². The Morgan fingerprint density at radius 2 is 1.92 bits per heavy atom. The third-order valence-corrected chi connectivity index (χ3v) is 3.75. The molecule has 0 bridgehead atoms. The maximum Gasteiger partial charge on any atom is 0.394 e. The van der Waals surface area contributed by atoms with E-state index in [-0.39, 0.29) is 0 Å². The van der Waals surface area contributed by atoms with E-state index in [9.17, 15) is 35.9 Å². The number of hydrogen-bond donors (Lipinski definition) is 2. The summed E-state index contributed by atoms with van der Waals surface area (Å²) in [5.74, 6) is -7.51. The lowest BCUT2D eigenvalue weighted by Gasteiger charge is -2.19. The smallest absolute Gasteiger partial charge is 0.394 e. The van der Waals surface area contributed by atoms with Crippen LogP contribution in [0.1, 0.15) is 0 Å². The number of alkyl halides is 5. The molecule has 1 fully saturated rings. The maximum absolute atomic E-state index is 13.1. The molecule has 0 aliphatic carbocycles. The highest BCUT2D eigenvalue weighted by atomic mass is 19.4. The van der Waals surface area contributed by atoms with E-state index in [1.54, 1.807) is 0 Å². The first-order chi connectivity index (χ1) is 12.0. The molecule has 6 nitrogen and oxygen atoms in total. The third kappa shape index (κ3) is 4.49. The Morgan fingerprint density at radius 1 is 1.27 bits per heavy atom. The van der Waals surface area contributed by atoms with Gasteiger partial charge in [-0.15, -0.1) is 0 Å². The lowest BCUT2D eigenvalue weighted by molar-refractivity contribution is -0.187. The molecule has 12 heteroatoms. The molecular weight excluding hydrogens is 374 g/mol. The predicted molar refractivity (Wildman–Crippen MR) is 74.3 cm³/mol. The van der Waals surface area contributed by atoms with Gasteiger partial charge in [-0.3, -0.25) is 4.79 Å². The lowest BCUT2D eigenvalue weighted by atomic mass is 9.96. The van der Waals surface area contributed by atoms with E-state index in [1.165, 1.54) is 0 Å². The highest BCUT2D eigenvalue weighted by Gasteiger charge is 2.53. The SMILES string of the molecule is O=C(O)[C@@H]1CN(C(=O)Nc2ccc(F)cc2OC(F)F)C[C@H]1C(F)(F)F. The Labute approximate surface area is 142 Å². The van der Waals surface area contributed by atoms with Crippen molar-refractivity contribution in [1.82, 2.24) is 4.90 Å². The van der Waals surface area contributed by atoms with Gasteiger partial charge in [0.1, 0.15) is 5.82 Å². The minimum Gasteiger partial charge on any atom is -0.481 e. The number of hydrogen-bond acceptors (Lipinski definition) is 3. The Hall–Kier alpha value is -2.66. The van der Waals surface area contributed by atoms with Crippen molar-refractivity contribution >= 4 is 17.7 Å². The number of carboxylic acids is 1. The van der Waals surface area contributed by atoms with E-state index in [4.69, 9.17) is 5.11 Å². The number of nitrogens with zero attached hydrogens (tertiary/aromatic N) is 1. The number of nitrogens with one attached hydrogen (secondary N) is 1. The molecule has 2 rings (SSSR count). The predicted octanol–water partition coefficient (Wildman–Crippen LogP) is 3.15. The highest BCUT2D eigenvalue weighted by Crippen LogP contribution is 2.38. The van der Waals surface area contributed by atoms with Crippen molar-refractivity contribution in [1.29, 1.82) is 0 Å². The Kier molecular flexibility index (Phi) is 5.52. The van der Waals surface area contributed by atoms with Crippen LogP contribution in [-0.4, -0.2) is 47.9 Å². The molecule has 2 atom stereocenters. The third-order valence-electron chi connectivity index (χ3n) is 3.75. The fourth-order valence-corrected chi connectivity index (χ4v) is 2.54. The van der Waals surface area contributed by atoms with E-state index in [0.717, 1.165) is 12.1 Å². The average Bonchev–Trinajstić information content (AvgIpc) is 2.95. The van der Waals surface area contributed by atoms with Crippen LogP contribution in [0.3, 0.4) is 0 Å². The van der Waals surface area contributed by atoms with Gasteiger partial charge in [-0.25, -0.2) is 9.18 Å². The molecule has 1 saturated heterocycles. The summed E-state index contributed by atoms with van der Waals surface area (Å²) < 4.78 is 80.6. The number of anilines is 1. The minimum atomic E-state index is -4.84. The Morgan fingerprint density at radius 3 is 2.42 bits per heavy atom. The quantitative estimate of drug-likeness (QED) is 0.780. The molecule has 1 aliphatic rings. The summed E-state index contributed by atoms with van der Waals surface area (Å²) in [6.07, 6.45) is -4.84. The van der Waals surface area contributed by atoms with E-state index in [1.807, 2.05) is 5.32 Å². The second-order valence-electron chi connectivity index (χ2n) is 5.45. The molecule has 2 N–H and O–H groups in total. The maximum atomic E-state index is 13.1. The first kappa shape index (κ1) is 19.7. The monoisotopic (exact) mass is 386 g/mol. The number of carbonyl (C=O) groups is 2. The summed E-state index contributed by atoms with van der Waals surface area (Å²) in [4.78, 5) is 23.7. The van der Waals surface area contributed by atoms with Crippen LogP contribution in [0.2, 0.25) is 0 Å². The zero-order chi connectivity index (χ0) is 19.6. The van der Waals surface area contributed by atoms with E-state index < -0.39 is 67.0 Å². The minimum absolute atomic E-state index is 0.404. The van der Waals surface area contributed by atoms with E-state index in [2.05, 4.69) is 4.74 Å². The number of rotatable bonds is 4. The number of carbonyl (C=O) groups excluding carboxylic acids is 1. The zero-order valence-electron chi connectivity index (χ0n) is 12.8. The fourth-order valence-electron chi connectivity index (χ4n) is 2.54. The van der Waals surface area contributed by atoms with E-state index >= 15 is 0 Å². The van der Waals surface area contributed by atoms with Gasteiger partial charge in [0.2, 0.25) is 0 Å². The average molecular weight is 386 g/mol. The van der Waals surface area contributed by atoms with Crippen LogP contribution in [-0.2, 0) is 4.79 Å². The first-order valence-electron chi connectivity index (χ1n) is 7.09. The molecule has 1 aliphatic heterocycles. The summed E-state index contributed by atoms with van der Waals surface area (Å²) in [7, 11) is 0. The normalized spacial score (nSPS) is 20.3. The molecule has 1 heterocycles.